The molecule has 3 rings (SSSR count). The zero-order chi connectivity index (χ0) is 25.4. The van der Waals surface area contributed by atoms with Gasteiger partial charge in [-0.1, -0.05) is 113 Å². The standard InChI is InChI=1S/C35H39F/c1-3-5-6-7-8-9-10-11-13-30-16-20-31(21-17-30)22-23-33-25-27-34(35(36)28-33)26-24-32-18-14-29(12-4-2)15-19-32/h14-21,25,27-28H,3-13H2,1-2H3. The molecule has 0 fully saturated rings. The lowest BCUT2D eigenvalue weighted by atomic mass is 10.0. The lowest BCUT2D eigenvalue weighted by molar-refractivity contribution is 0.575. The van der Waals surface area contributed by atoms with E-state index >= 15 is 0 Å². The van der Waals surface area contributed by atoms with Crippen molar-refractivity contribution >= 4 is 0 Å². The average molecular weight is 479 g/mol. The van der Waals surface area contributed by atoms with Crippen LogP contribution >= 0.6 is 0 Å². The largest absolute Gasteiger partial charge is 0.206 e. The van der Waals surface area contributed by atoms with Crippen LogP contribution in [0.2, 0.25) is 0 Å². The van der Waals surface area contributed by atoms with E-state index in [0.717, 1.165) is 30.4 Å². The van der Waals surface area contributed by atoms with Gasteiger partial charge in [-0.05, 0) is 72.9 Å². The van der Waals surface area contributed by atoms with Gasteiger partial charge in [0.2, 0.25) is 0 Å². The average Bonchev–Trinajstić information content (AvgIpc) is 2.90. The van der Waals surface area contributed by atoms with E-state index in [1.54, 1.807) is 6.07 Å². The van der Waals surface area contributed by atoms with Crippen LogP contribution in [0, 0.1) is 29.5 Å². The molecule has 0 radical (unpaired) electrons. The van der Waals surface area contributed by atoms with E-state index in [1.165, 1.54) is 68.6 Å². The van der Waals surface area contributed by atoms with Gasteiger partial charge in [0.05, 0.1) is 5.56 Å². The summed E-state index contributed by atoms with van der Waals surface area (Å²) >= 11 is 0. The number of benzene rings is 3. The fourth-order valence-corrected chi connectivity index (χ4v) is 4.24. The molecule has 0 aromatic heterocycles. The van der Waals surface area contributed by atoms with Gasteiger partial charge in [0.1, 0.15) is 5.82 Å². The molecule has 0 atom stereocenters. The van der Waals surface area contributed by atoms with Gasteiger partial charge < -0.3 is 0 Å². The van der Waals surface area contributed by atoms with Gasteiger partial charge in [-0.25, -0.2) is 4.39 Å². The summed E-state index contributed by atoms with van der Waals surface area (Å²) in [4.78, 5) is 0. The van der Waals surface area contributed by atoms with E-state index in [1.807, 2.05) is 18.2 Å². The van der Waals surface area contributed by atoms with E-state index < -0.39 is 0 Å². The molecule has 0 aliphatic rings. The zero-order valence-electron chi connectivity index (χ0n) is 22.0. The topological polar surface area (TPSA) is 0 Å². The Morgan fingerprint density at radius 2 is 1.00 bits per heavy atom. The molecule has 36 heavy (non-hydrogen) atoms. The summed E-state index contributed by atoms with van der Waals surface area (Å²) in [5.41, 5.74) is 5.55. The van der Waals surface area contributed by atoms with Crippen LogP contribution in [0.4, 0.5) is 4.39 Å². The summed E-state index contributed by atoms with van der Waals surface area (Å²) in [7, 11) is 0. The van der Waals surface area contributed by atoms with Crippen molar-refractivity contribution in [1.29, 1.82) is 0 Å². The minimum Gasteiger partial charge on any atom is -0.206 e. The molecule has 0 heterocycles. The van der Waals surface area contributed by atoms with Gasteiger partial charge in [-0.3, -0.25) is 0 Å². The smallest absolute Gasteiger partial charge is 0.140 e. The Balaban J connectivity index is 1.49. The summed E-state index contributed by atoms with van der Waals surface area (Å²) in [6, 6.07) is 21.6. The van der Waals surface area contributed by atoms with E-state index in [9.17, 15) is 4.39 Å². The monoisotopic (exact) mass is 478 g/mol. The zero-order valence-corrected chi connectivity index (χ0v) is 22.0. The first-order valence-electron chi connectivity index (χ1n) is 13.7. The van der Waals surface area contributed by atoms with Crippen molar-refractivity contribution in [2.75, 3.05) is 0 Å². The van der Waals surface area contributed by atoms with E-state index in [0.29, 0.717) is 11.1 Å². The SMILES string of the molecule is CCCCCCCCCCc1ccc(C#Cc2ccc(C#Cc3ccc(CCC)cc3)c(F)c2)cc1. The molecular weight excluding hydrogens is 439 g/mol. The number of aryl methyl sites for hydroxylation is 2. The summed E-state index contributed by atoms with van der Waals surface area (Å²) in [6.07, 6.45) is 14.0. The molecular formula is C35H39F. The highest BCUT2D eigenvalue weighted by Gasteiger charge is 2.00. The molecule has 186 valence electrons. The summed E-state index contributed by atoms with van der Waals surface area (Å²) in [6.45, 7) is 4.43. The van der Waals surface area contributed by atoms with Crippen LogP contribution in [-0.2, 0) is 12.8 Å². The van der Waals surface area contributed by atoms with Crippen LogP contribution in [0.5, 0.6) is 0 Å². The highest BCUT2D eigenvalue weighted by molar-refractivity contribution is 5.49. The van der Waals surface area contributed by atoms with Crippen LogP contribution in [0.25, 0.3) is 0 Å². The van der Waals surface area contributed by atoms with E-state index in [-0.39, 0.29) is 5.82 Å². The fraction of sp³-hybridized carbons (Fsp3) is 0.371. The van der Waals surface area contributed by atoms with Gasteiger partial charge in [0, 0.05) is 16.7 Å². The molecule has 0 aliphatic heterocycles. The number of rotatable bonds is 11. The second-order valence-corrected chi connectivity index (χ2v) is 9.56. The Labute approximate surface area is 218 Å². The van der Waals surface area contributed by atoms with Crippen LogP contribution in [-0.4, -0.2) is 0 Å². The lowest BCUT2D eigenvalue weighted by Gasteiger charge is -2.03. The van der Waals surface area contributed by atoms with Gasteiger partial charge in [0.15, 0.2) is 0 Å². The third-order valence-corrected chi connectivity index (χ3v) is 6.43. The van der Waals surface area contributed by atoms with Crippen molar-refractivity contribution in [3.05, 3.63) is 106 Å². The quantitative estimate of drug-likeness (QED) is 0.190. The maximum Gasteiger partial charge on any atom is 0.140 e. The van der Waals surface area contributed by atoms with Crippen molar-refractivity contribution in [2.45, 2.75) is 84.5 Å². The van der Waals surface area contributed by atoms with Gasteiger partial charge in [-0.2, -0.15) is 0 Å². The minimum atomic E-state index is -0.336. The number of hydrogen-bond donors (Lipinski definition) is 0. The second kappa shape index (κ2) is 15.7. The van der Waals surface area contributed by atoms with Crippen molar-refractivity contribution in [3.63, 3.8) is 0 Å². The molecule has 0 bridgehead atoms. The molecule has 0 aliphatic carbocycles. The molecule has 0 unspecified atom stereocenters. The Kier molecular flexibility index (Phi) is 11.9. The third kappa shape index (κ3) is 9.76. The van der Waals surface area contributed by atoms with E-state index in [4.69, 9.17) is 0 Å². The first kappa shape index (κ1) is 27.3. The van der Waals surface area contributed by atoms with Crippen LogP contribution in [0.1, 0.15) is 105 Å². The van der Waals surface area contributed by atoms with Crippen molar-refractivity contribution < 1.29 is 4.39 Å². The molecule has 0 N–H and O–H groups in total. The van der Waals surface area contributed by atoms with E-state index in [2.05, 4.69) is 73.9 Å². The number of unbranched alkanes of at least 4 members (excludes halogenated alkanes) is 7. The molecule has 0 saturated carbocycles. The molecule has 0 amide bonds. The Bertz CT molecular complexity index is 1180. The fourth-order valence-electron chi connectivity index (χ4n) is 4.24. The lowest BCUT2D eigenvalue weighted by Crippen LogP contribution is -1.88. The van der Waals surface area contributed by atoms with Gasteiger partial charge in [0.25, 0.3) is 0 Å². The maximum atomic E-state index is 14.6. The maximum absolute atomic E-state index is 14.6. The second-order valence-electron chi connectivity index (χ2n) is 9.56. The molecule has 0 spiro atoms. The van der Waals surface area contributed by atoms with Crippen molar-refractivity contribution in [1.82, 2.24) is 0 Å². The van der Waals surface area contributed by atoms with Crippen LogP contribution < -0.4 is 0 Å². The minimum absolute atomic E-state index is 0.336. The number of hydrogen-bond acceptors (Lipinski definition) is 0. The highest BCUT2D eigenvalue weighted by atomic mass is 19.1. The molecule has 0 saturated heterocycles. The Morgan fingerprint density at radius 1 is 0.500 bits per heavy atom. The van der Waals surface area contributed by atoms with Crippen LogP contribution in [0.15, 0.2) is 66.7 Å². The molecule has 1 heteroatoms. The summed E-state index contributed by atoms with van der Waals surface area (Å²) in [5.74, 6) is 11.9. The van der Waals surface area contributed by atoms with Crippen molar-refractivity contribution in [2.24, 2.45) is 0 Å². The Hall–Kier alpha value is -3.29. The van der Waals surface area contributed by atoms with Gasteiger partial charge >= 0.3 is 0 Å². The van der Waals surface area contributed by atoms with Crippen molar-refractivity contribution in [3.8, 4) is 23.7 Å². The Morgan fingerprint density at radius 3 is 1.58 bits per heavy atom. The summed E-state index contributed by atoms with van der Waals surface area (Å²) < 4.78 is 14.6. The predicted octanol–water partition coefficient (Wildman–Crippen LogP) is 9.26. The number of halogens is 1. The third-order valence-electron chi connectivity index (χ3n) is 6.43. The molecule has 3 aromatic rings. The highest BCUT2D eigenvalue weighted by Crippen LogP contribution is 2.13. The van der Waals surface area contributed by atoms with Crippen LogP contribution in [0.3, 0.4) is 0 Å². The first-order valence-corrected chi connectivity index (χ1v) is 13.7. The first-order chi connectivity index (χ1) is 17.7. The summed E-state index contributed by atoms with van der Waals surface area (Å²) in [5, 5.41) is 0. The molecule has 0 nitrogen and oxygen atoms in total. The van der Waals surface area contributed by atoms with Gasteiger partial charge in [-0.15, -0.1) is 0 Å². The normalized spacial score (nSPS) is 10.3. The predicted molar refractivity (Wildman–Crippen MR) is 152 cm³/mol. The molecule has 3 aromatic carbocycles.